The van der Waals surface area contributed by atoms with E-state index in [1.807, 2.05) is 11.8 Å². The highest BCUT2D eigenvalue weighted by atomic mass is 16.5. The third-order valence-electron chi connectivity index (χ3n) is 4.18. The number of hydrogen-bond donors (Lipinski definition) is 2. The highest BCUT2D eigenvalue weighted by molar-refractivity contribution is 5.79. The standard InChI is InChI=1S/C16H24N4O3/c1-4-12(2)23-15(22)16(3,19-9-6-18-7-10-19)20-8-5-13(21)11-14(20)17/h5,8,11,18H,2,4,6-7,9-10,17H2,1,3H3. The molecule has 1 aromatic rings. The molecule has 1 atom stereocenters. The number of piperazine rings is 1. The minimum Gasteiger partial charge on any atom is -0.429 e. The van der Waals surface area contributed by atoms with Crippen LogP contribution in [-0.4, -0.2) is 41.6 Å². The number of allylic oxidation sites excluding steroid dienone is 1. The van der Waals surface area contributed by atoms with E-state index in [0.717, 1.165) is 13.1 Å². The van der Waals surface area contributed by atoms with Crippen molar-refractivity contribution in [3.63, 3.8) is 0 Å². The third-order valence-corrected chi connectivity index (χ3v) is 4.18. The molecule has 7 nitrogen and oxygen atoms in total. The predicted molar refractivity (Wildman–Crippen MR) is 88.7 cm³/mol. The second kappa shape index (κ2) is 6.97. The number of anilines is 1. The zero-order valence-electron chi connectivity index (χ0n) is 13.7. The van der Waals surface area contributed by atoms with Gasteiger partial charge in [0.15, 0.2) is 11.1 Å². The van der Waals surface area contributed by atoms with Crippen molar-refractivity contribution < 1.29 is 9.53 Å². The number of carbonyl (C=O) groups excluding carboxylic acids is 1. The molecule has 1 unspecified atom stereocenters. The first-order valence-corrected chi connectivity index (χ1v) is 7.74. The van der Waals surface area contributed by atoms with E-state index in [9.17, 15) is 9.59 Å². The smallest absolute Gasteiger partial charge is 0.352 e. The summed E-state index contributed by atoms with van der Waals surface area (Å²) in [7, 11) is 0. The van der Waals surface area contributed by atoms with Gasteiger partial charge in [-0.15, -0.1) is 0 Å². The maximum Gasteiger partial charge on any atom is 0.352 e. The molecule has 0 aliphatic carbocycles. The van der Waals surface area contributed by atoms with Crippen molar-refractivity contribution in [1.82, 2.24) is 14.8 Å². The molecule has 7 heteroatoms. The van der Waals surface area contributed by atoms with E-state index in [-0.39, 0.29) is 11.2 Å². The van der Waals surface area contributed by atoms with Gasteiger partial charge in [-0.1, -0.05) is 13.5 Å². The topological polar surface area (TPSA) is 89.6 Å². The number of pyridine rings is 1. The van der Waals surface area contributed by atoms with Crippen LogP contribution in [0.4, 0.5) is 5.82 Å². The number of hydrogen-bond acceptors (Lipinski definition) is 6. The summed E-state index contributed by atoms with van der Waals surface area (Å²) < 4.78 is 7.00. The van der Waals surface area contributed by atoms with Crippen LogP contribution in [0.3, 0.4) is 0 Å². The van der Waals surface area contributed by atoms with Gasteiger partial charge in [0.25, 0.3) is 0 Å². The van der Waals surface area contributed by atoms with Crippen LogP contribution in [0.2, 0.25) is 0 Å². The molecule has 0 bridgehead atoms. The zero-order chi connectivity index (χ0) is 17.0. The summed E-state index contributed by atoms with van der Waals surface area (Å²) in [6.07, 6.45) is 2.08. The lowest BCUT2D eigenvalue weighted by Crippen LogP contribution is -2.60. The second-order valence-electron chi connectivity index (χ2n) is 5.70. The first kappa shape index (κ1) is 17.2. The summed E-state index contributed by atoms with van der Waals surface area (Å²) >= 11 is 0. The second-order valence-corrected chi connectivity index (χ2v) is 5.70. The normalized spacial score (nSPS) is 18.2. The number of nitrogen functional groups attached to an aromatic ring is 1. The SMILES string of the molecule is C=C(CC)OC(=O)C(C)(N1CCNCC1)n1ccc(=O)cc1N. The molecular formula is C16H24N4O3. The summed E-state index contributed by atoms with van der Waals surface area (Å²) in [6.45, 7) is 10.2. The quantitative estimate of drug-likeness (QED) is 0.606. The van der Waals surface area contributed by atoms with Crippen molar-refractivity contribution in [2.75, 3.05) is 31.9 Å². The van der Waals surface area contributed by atoms with E-state index < -0.39 is 11.6 Å². The van der Waals surface area contributed by atoms with E-state index in [1.165, 1.54) is 18.3 Å². The Balaban J connectivity index is 2.47. The molecule has 1 aromatic heterocycles. The number of nitrogens with one attached hydrogen (secondary N) is 1. The van der Waals surface area contributed by atoms with Crippen molar-refractivity contribution >= 4 is 11.8 Å². The molecule has 1 fully saturated rings. The van der Waals surface area contributed by atoms with Gasteiger partial charge in [0.1, 0.15) is 11.6 Å². The van der Waals surface area contributed by atoms with Crippen molar-refractivity contribution in [2.45, 2.75) is 25.9 Å². The number of nitrogens with zero attached hydrogens (tertiary/aromatic N) is 2. The van der Waals surface area contributed by atoms with Gasteiger partial charge in [0, 0.05) is 50.9 Å². The van der Waals surface area contributed by atoms with E-state index in [2.05, 4.69) is 11.9 Å². The number of esters is 1. The lowest BCUT2D eigenvalue weighted by Gasteiger charge is -2.43. The molecule has 0 aromatic carbocycles. The fraction of sp³-hybridized carbons (Fsp3) is 0.500. The summed E-state index contributed by atoms with van der Waals surface area (Å²) in [6, 6.07) is 2.70. The largest absolute Gasteiger partial charge is 0.429 e. The molecular weight excluding hydrogens is 296 g/mol. The van der Waals surface area contributed by atoms with E-state index >= 15 is 0 Å². The molecule has 1 saturated heterocycles. The molecule has 0 saturated carbocycles. The Bertz CT molecular complexity index is 649. The fourth-order valence-corrected chi connectivity index (χ4v) is 2.67. The molecule has 2 heterocycles. The van der Waals surface area contributed by atoms with E-state index in [1.54, 1.807) is 11.5 Å². The average Bonchev–Trinajstić information content (AvgIpc) is 2.54. The van der Waals surface area contributed by atoms with Crippen LogP contribution in [-0.2, 0) is 15.2 Å². The lowest BCUT2D eigenvalue weighted by atomic mass is 10.1. The third kappa shape index (κ3) is 3.46. The first-order valence-electron chi connectivity index (χ1n) is 7.74. The van der Waals surface area contributed by atoms with Crippen LogP contribution >= 0.6 is 0 Å². The number of rotatable bonds is 5. The molecule has 0 radical (unpaired) electrons. The van der Waals surface area contributed by atoms with Crippen molar-refractivity contribution in [3.05, 3.63) is 40.9 Å². The number of ether oxygens (including phenoxy) is 1. The monoisotopic (exact) mass is 320 g/mol. The molecule has 1 aliphatic heterocycles. The molecule has 0 spiro atoms. The van der Waals surface area contributed by atoms with Gasteiger partial charge in [0.2, 0.25) is 0 Å². The zero-order valence-corrected chi connectivity index (χ0v) is 13.7. The van der Waals surface area contributed by atoms with Crippen molar-refractivity contribution in [1.29, 1.82) is 0 Å². The molecule has 2 rings (SSSR count). The Labute approximate surface area is 135 Å². The minimum atomic E-state index is -1.14. The van der Waals surface area contributed by atoms with Crippen LogP contribution in [0.1, 0.15) is 20.3 Å². The van der Waals surface area contributed by atoms with Crippen molar-refractivity contribution in [3.8, 4) is 0 Å². The van der Waals surface area contributed by atoms with Crippen LogP contribution < -0.4 is 16.5 Å². The van der Waals surface area contributed by atoms with Gasteiger partial charge in [0.05, 0.1) is 0 Å². The Kier molecular flexibility index (Phi) is 5.23. The number of nitrogens with two attached hydrogens (primary N) is 1. The Morgan fingerprint density at radius 2 is 2.13 bits per heavy atom. The summed E-state index contributed by atoms with van der Waals surface area (Å²) in [5.74, 6) is 0.162. The Morgan fingerprint density at radius 3 is 2.70 bits per heavy atom. The highest BCUT2D eigenvalue weighted by Crippen LogP contribution is 2.27. The lowest BCUT2D eigenvalue weighted by molar-refractivity contribution is -0.161. The van der Waals surface area contributed by atoms with Crippen LogP contribution in [0.25, 0.3) is 0 Å². The van der Waals surface area contributed by atoms with Gasteiger partial charge in [-0.05, 0) is 6.92 Å². The van der Waals surface area contributed by atoms with Gasteiger partial charge in [-0.3, -0.25) is 9.69 Å². The maximum absolute atomic E-state index is 12.9. The molecule has 126 valence electrons. The summed E-state index contributed by atoms with van der Waals surface area (Å²) in [5, 5.41) is 3.25. The van der Waals surface area contributed by atoms with E-state index in [4.69, 9.17) is 10.5 Å². The highest BCUT2D eigenvalue weighted by Gasteiger charge is 2.44. The van der Waals surface area contributed by atoms with Gasteiger partial charge in [-0.25, -0.2) is 4.79 Å². The summed E-state index contributed by atoms with van der Waals surface area (Å²) in [5.41, 5.74) is 4.66. The van der Waals surface area contributed by atoms with Gasteiger partial charge >= 0.3 is 5.97 Å². The van der Waals surface area contributed by atoms with Crippen LogP contribution in [0.5, 0.6) is 0 Å². The van der Waals surface area contributed by atoms with E-state index in [0.29, 0.717) is 25.3 Å². The average molecular weight is 320 g/mol. The molecule has 0 amide bonds. The molecule has 23 heavy (non-hydrogen) atoms. The maximum atomic E-state index is 12.9. The predicted octanol–water partition coefficient (Wildman–Crippen LogP) is 0.475. The Hall–Kier alpha value is -2.12. The molecule has 3 N–H and O–H groups in total. The number of carbonyl (C=O) groups is 1. The van der Waals surface area contributed by atoms with Crippen molar-refractivity contribution in [2.24, 2.45) is 0 Å². The number of aromatic nitrogens is 1. The fourth-order valence-electron chi connectivity index (χ4n) is 2.67. The van der Waals surface area contributed by atoms with Crippen LogP contribution in [0.15, 0.2) is 35.5 Å². The first-order chi connectivity index (χ1) is 10.9. The minimum absolute atomic E-state index is 0.201. The van der Waals surface area contributed by atoms with Gasteiger partial charge < -0.3 is 20.4 Å². The van der Waals surface area contributed by atoms with Crippen LogP contribution in [0, 0.1) is 0 Å². The summed E-state index contributed by atoms with van der Waals surface area (Å²) in [4.78, 5) is 26.4. The van der Waals surface area contributed by atoms with Gasteiger partial charge in [-0.2, -0.15) is 0 Å². The Morgan fingerprint density at radius 1 is 1.48 bits per heavy atom. The molecule has 1 aliphatic rings.